The molecule has 5 nitrogen and oxygen atoms in total. The van der Waals surface area contributed by atoms with Crippen molar-refractivity contribution in [2.75, 3.05) is 6.61 Å². The van der Waals surface area contributed by atoms with Crippen molar-refractivity contribution < 1.29 is 14.5 Å². The Bertz CT molecular complexity index is 683. The molecule has 0 heterocycles. The number of benzene rings is 2. The lowest BCUT2D eigenvalue weighted by atomic mass is 10.0. The summed E-state index contributed by atoms with van der Waals surface area (Å²) in [7, 11) is 0. The smallest absolute Gasteiger partial charge is 0.338 e. The minimum Gasteiger partial charge on any atom is -0.462 e. The summed E-state index contributed by atoms with van der Waals surface area (Å²) in [6.07, 6.45) is 0. The molecule has 0 amide bonds. The fourth-order valence-corrected chi connectivity index (χ4v) is 2.08. The summed E-state index contributed by atoms with van der Waals surface area (Å²) >= 11 is 6.07. The zero-order valence-corrected chi connectivity index (χ0v) is 12.0. The van der Waals surface area contributed by atoms with Gasteiger partial charge in [0.2, 0.25) is 0 Å². The largest absolute Gasteiger partial charge is 0.462 e. The van der Waals surface area contributed by atoms with E-state index in [2.05, 4.69) is 0 Å². The van der Waals surface area contributed by atoms with Gasteiger partial charge in [0, 0.05) is 22.7 Å². The summed E-state index contributed by atoms with van der Waals surface area (Å²) in [6, 6.07) is 10.8. The number of hydrogen-bond donors (Lipinski definition) is 0. The number of nitro groups is 1. The molecule has 0 fully saturated rings. The van der Waals surface area contributed by atoms with Crippen molar-refractivity contribution in [3.05, 3.63) is 63.2 Å². The summed E-state index contributed by atoms with van der Waals surface area (Å²) in [4.78, 5) is 21.9. The topological polar surface area (TPSA) is 69.4 Å². The van der Waals surface area contributed by atoms with Gasteiger partial charge in [0.1, 0.15) is 0 Å². The van der Waals surface area contributed by atoms with Crippen LogP contribution in [0.3, 0.4) is 0 Å². The first-order chi connectivity index (χ1) is 10.0. The standard InChI is InChI=1S/C15H12ClNO4/c1-2-21-15(18)11-5-3-10(4-6-11)13-9-12(17(19)20)7-8-14(13)16/h3-9H,2H2,1H3. The lowest BCUT2D eigenvalue weighted by molar-refractivity contribution is -0.384. The first-order valence-electron chi connectivity index (χ1n) is 6.24. The number of esters is 1. The number of ether oxygens (including phenoxy) is 1. The molecule has 0 aromatic heterocycles. The van der Waals surface area contributed by atoms with Crippen LogP contribution in [0.1, 0.15) is 17.3 Å². The van der Waals surface area contributed by atoms with Crippen molar-refractivity contribution in [2.45, 2.75) is 6.92 Å². The molecule has 6 heteroatoms. The number of halogens is 1. The molecule has 0 saturated heterocycles. The summed E-state index contributed by atoms with van der Waals surface area (Å²) in [5, 5.41) is 11.2. The van der Waals surface area contributed by atoms with Gasteiger partial charge in [-0.15, -0.1) is 0 Å². The average Bonchev–Trinajstić information content (AvgIpc) is 2.48. The third-order valence-electron chi connectivity index (χ3n) is 2.87. The van der Waals surface area contributed by atoms with Crippen molar-refractivity contribution in [1.82, 2.24) is 0 Å². The van der Waals surface area contributed by atoms with E-state index in [9.17, 15) is 14.9 Å². The van der Waals surface area contributed by atoms with Crippen molar-refractivity contribution in [1.29, 1.82) is 0 Å². The van der Waals surface area contributed by atoms with Crippen LogP contribution in [0.2, 0.25) is 5.02 Å². The van der Waals surface area contributed by atoms with Gasteiger partial charge in [-0.05, 0) is 30.7 Å². The summed E-state index contributed by atoms with van der Waals surface area (Å²) in [6.45, 7) is 2.03. The van der Waals surface area contributed by atoms with Gasteiger partial charge in [0.05, 0.1) is 17.1 Å². The molecule has 0 spiro atoms. The second kappa shape index (κ2) is 6.37. The van der Waals surface area contributed by atoms with E-state index in [-0.39, 0.29) is 5.69 Å². The number of nitrogens with zero attached hydrogens (tertiary/aromatic N) is 1. The van der Waals surface area contributed by atoms with E-state index in [0.29, 0.717) is 28.3 Å². The van der Waals surface area contributed by atoms with Crippen LogP contribution in [-0.4, -0.2) is 17.5 Å². The van der Waals surface area contributed by atoms with Crippen LogP contribution in [-0.2, 0) is 4.74 Å². The van der Waals surface area contributed by atoms with Crippen molar-refractivity contribution in [2.24, 2.45) is 0 Å². The fraction of sp³-hybridized carbons (Fsp3) is 0.133. The van der Waals surface area contributed by atoms with Gasteiger partial charge in [-0.1, -0.05) is 23.7 Å². The van der Waals surface area contributed by atoms with E-state index in [0.717, 1.165) is 0 Å². The highest BCUT2D eigenvalue weighted by Gasteiger charge is 2.12. The molecule has 2 aromatic carbocycles. The van der Waals surface area contributed by atoms with Gasteiger partial charge in [-0.25, -0.2) is 4.79 Å². The number of carbonyl (C=O) groups excluding carboxylic acids is 1. The number of non-ortho nitro benzene ring substituents is 1. The number of carbonyl (C=O) groups is 1. The van der Waals surface area contributed by atoms with Crippen LogP contribution in [0.4, 0.5) is 5.69 Å². The predicted octanol–water partition coefficient (Wildman–Crippen LogP) is 4.09. The average molecular weight is 306 g/mol. The molecule has 0 radical (unpaired) electrons. The van der Waals surface area contributed by atoms with Gasteiger partial charge in [0.15, 0.2) is 0 Å². The molecule has 0 unspecified atom stereocenters. The number of rotatable bonds is 4. The monoisotopic (exact) mass is 305 g/mol. The Labute approximate surface area is 126 Å². The molecule has 2 aromatic rings. The molecule has 108 valence electrons. The van der Waals surface area contributed by atoms with E-state index in [1.54, 1.807) is 31.2 Å². The summed E-state index contributed by atoms with van der Waals surface area (Å²) in [5.41, 5.74) is 1.61. The Morgan fingerprint density at radius 2 is 1.90 bits per heavy atom. The van der Waals surface area contributed by atoms with E-state index < -0.39 is 10.9 Å². The van der Waals surface area contributed by atoms with E-state index >= 15 is 0 Å². The predicted molar refractivity (Wildman–Crippen MR) is 79.5 cm³/mol. The minimum atomic E-state index is -0.479. The van der Waals surface area contributed by atoms with Crippen LogP contribution >= 0.6 is 11.6 Å². The van der Waals surface area contributed by atoms with Crippen LogP contribution < -0.4 is 0 Å². The van der Waals surface area contributed by atoms with Gasteiger partial charge < -0.3 is 4.74 Å². The van der Waals surface area contributed by atoms with Crippen molar-refractivity contribution >= 4 is 23.3 Å². The summed E-state index contributed by atoms with van der Waals surface area (Å²) in [5.74, 6) is -0.408. The van der Waals surface area contributed by atoms with Gasteiger partial charge in [0.25, 0.3) is 5.69 Å². The van der Waals surface area contributed by atoms with E-state index in [1.165, 1.54) is 18.2 Å². The molecule has 21 heavy (non-hydrogen) atoms. The molecular weight excluding hydrogens is 294 g/mol. The van der Waals surface area contributed by atoms with E-state index in [1.807, 2.05) is 0 Å². The first kappa shape index (κ1) is 15.0. The second-order valence-electron chi connectivity index (χ2n) is 4.22. The van der Waals surface area contributed by atoms with Crippen molar-refractivity contribution in [3.63, 3.8) is 0 Å². The van der Waals surface area contributed by atoms with E-state index in [4.69, 9.17) is 16.3 Å². The zero-order chi connectivity index (χ0) is 15.4. The molecule has 0 bridgehead atoms. The SMILES string of the molecule is CCOC(=O)c1ccc(-c2cc([N+](=O)[O-])ccc2Cl)cc1. The highest BCUT2D eigenvalue weighted by atomic mass is 35.5. The summed E-state index contributed by atoms with van der Waals surface area (Å²) < 4.78 is 4.89. The third kappa shape index (κ3) is 3.38. The number of nitro benzene ring substituents is 1. The Balaban J connectivity index is 2.36. The quantitative estimate of drug-likeness (QED) is 0.484. The fourth-order valence-electron chi connectivity index (χ4n) is 1.85. The van der Waals surface area contributed by atoms with Crippen LogP contribution in [0.25, 0.3) is 11.1 Å². The Morgan fingerprint density at radius 1 is 1.24 bits per heavy atom. The maximum Gasteiger partial charge on any atom is 0.338 e. The Morgan fingerprint density at radius 3 is 2.48 bits per heavy atom. The minimum absolute atomic E-state index is 0.0381. The van der Waals surface area contributed by atoms with Crippen molar-refractivity contribution in [3.8, 4) is 11.1 Å². The molecular formula is C15H12ClNO4. The highest BCUT2D eigenvalue weighted by Crippen LogP contribution is 2.31. The molecule has 0 aliphatic carbocycles. The van der Waals surface area contributed by atoms with Gasteiger partial charge >= 0.3 is 5.97 Å². The molecule has 0 saturated carbocycles. The molecule has 0 aliphatic rings. The highest BCUT2D eigenvalue weighted by molar-refractivity contribution is 6.33. The lowest BCUT2D eigenvalue weighted by Crippen LogP contribution is -2.04. The molecule has 2 rings (SSSR count). The first-order valence-corrected chi connectivity index (χ1v) is 6.62. The lowest BCUT2D eigenvalue weighted by Gasteiger charge is -2.06. The van der Waals surface area contributed by atoms with Gasteiger partial charge in [-0.2, -0.15) is 0 Å². The Kier molecular flexibility index (Phi) is 4.55. The maximum absolute atomic E-state index is 11.6. The number of hydrogen-bond acceptors (Lipinski definition) is 4. The second-order valence-corrected chi connectivity index (χ2v) is 4.63. The molecule has 0 aliphatic heterocycles. The van der Waals surface area contributed by atoms with Crippen LogP contribution in [0, 0.1) is 10.1 Å². The van der Waals surface area contributed by atoms with Crippen LogP contribution in [0.15, 0.2) is 42.5 Å². The Hall–Kier alpha value is -2.40. The normalized spacial score (nSPS) is 10.2. The third-order valence-corrected chi connectivity index (χ3v) is 3.20. The zero-order valence-electron chi connectivity index (χ0n) is 11.2. The molecule has 0 atom stereocenters. The maximum atomic E-state index is 11.6. The van der Waals surface area contributed by atoms with Gasteiger partial charge in [-0.3, -0.25) is 10.1 Å². The molecule has 0 N–H and O–H groups in total. The van der Waals surface area contributed by atoms with Crippen LogP contribution in [0.5, 0.6) is 0 Å².